The second kappa shape index (κ2) is 9.67. The minimum absolute atomic E-state index is 0.152. The first-order valence-electron chi connectivity index (χ1n) is 10.6. The molecule has 0 saturated carbocycles. The Labute approximate surface area is 191 Å². The van der Waals surface area contributed by atoms with Crippen LogP contribution in [0.1, 0.15) is 34.1 Å². The predicted octanol–water partition coefficient (Wildman–Crippen LogP) is 4.68. The summed E-state index contributed by atoms with van der Waals surface area (Å²) < 4.78 is 11.5. The minimum atomic E-state index is -0.410. The molecule has 0 fully saturated rings. The predicted molar refractivity (Wildman–Crippen MR) is 127 cm³/mol. The average Bonchev–Trinajstić information content (AvgIpc) is 2.85. The van der Waals surface area contributed by atoms with E-state index in [-0.39, 0.29) is 17.7 Å². The average molecular weight is 444 g/mol. The van der Waals surface area contributed by atoms with Crippen molar-refractivity contribution < 1.29 is 19.1 Å². The molecule has 0 aliphatic heterocycles. The van der Waals surface area contributed by atoms with E-state index in [0.717, 1.165) is 6.42 Å². The molecule has 7 heteroatoms. The number of aryl methyl sites for hydroxylation is 2. The van der Waals surface area contributed by atoms with E-state index in [1.165, 1.54) is 5.56 Å². The standard InChI is InChI=1S/C26H25N3O4/c1-4-17-9-11-19(12-10-17)28-26-21(25(31)29-22-7-5-6-8-23(22)32-3)13-20-18(15-30)14-27-16(2)24(20)33-26/h5-14,30H,4,15H2,1-3H3,(H,29,31). The summed E-state index contributed by atoms with van der Waals surface area (Å²) in [6, 6.07) is 16.6. The SMILES string of the molecule is CCc1ccc(N=c2oc3c(C)ncc(CO)c3cc2C(=O)Nc2ccccc2OC)cc1. The Kier molecular flexibility index (Phi) is 6.51. The van der Waals surface area contributed by atoms with Crippen LogP contribution in [-0.2, 0) is 13.0 Å². The Balaban J connectivity index is 1.90. The topological polar surface area (TPSA) is 97.0 Å². The smallest absolute Gasteiger partial charge is 0.261 e. The number of fused-ring (bicyclic) bond motifs is 1. The highest BCUT2D eigenvalue weighted by atomic mass is 16.5. The maximum absolute atomic E-state index is 13.4. The van der Waals surface area contributed by atoms with Crippen LogP contribution in [0, 0.1) is 6.92 Å². The summed E-state index contributed by atoms with van der Waals surface area (Å²) in [7, 11) is 1.54. The molecule has 1 amide bonds. The monoisotopic (exact) mass is 443 g/mol. The largest absolute Gasteiger partial charge is 0.495 e. The van der Waals surface area contributed by atoms with Gasteiger partial charge < -0.3 is 19.6 Å². The van der Waals surface area contributed by atoms with E-state index in [1.54, 1.807) is 38.4 Å². The third-order valence-corrected chi connectivity index (χ3v) is 5.40. The van der Waals surface area contributed by atoms with Crippen molar-refractivity contribution in [3.05, 3.63) is 88.7 Å². The zero-order valence-electron chi connectivity index (χ0n) is 18.8. The number of carbonyl (C=O) groups excluding carboxylic acids is 1. The van der Waals surface area contributed by atoms with Crippen LogP contribution in [0.15, 0.2) is 70.2 Å². The van der Waals surface area contributed by atoms with Gasteiger partial charge in [0.1, 0.15) is 11.3 Å². The minimum Gasteiger partial charge on any atom is -0.495 e. The van der Waals surface area contributed by atoms with Crippen molar-refractivity contribution >= 4 is 28.3 Å². The van der Waals surface area contributed by atoms with E-state index in [4.69, 9.17) is 9.15 Å². The van der Waals surface area contributed by atoms with E-state index in [1.807, 2.05) is 36.4 Å². The second-order valence-electron chi connectivity index (χ2n) is 7.52. The van der Waals surface area contributed by atoms with Crippen LogP contribution in [0.3, 0.4) is 0 Å². The van der Waals surface area contributed by atoms with E-state index in [2.05, 4.69) is 22.2 Å². The molecule has 2 aromatic carbocycles. The van der Waals surface area contributed by atoms with Crippen LogP contribution < -0.4 is 15.6 Å². The number of methoxy groups -OCH3 is 1. The summed E-state index contributed by atoms with van der Waals surface area (Å²) in [5.74, 6) is 0.126. The number of hydrogen-bond acceptors (Lipinski definition) is 6. The van der Waals surface area contributed by atoms with Crippen molar-refractivity contribution in [2.75, 3.05) is 12.4 Å². The molecule has 0 bridgehead atoms. The highest BCUT2D eigenvalue weighted by molar-refractivity contribution is 6.06. The van der Waals surface area contributed by atoms with Gasteiger partial charge in [-0.2, -0.15) is 0 Å². The number of rotatable bonds is 6. The third kappa shape index (κ3) is 4.63. The molecule has 0 aliphatic carbocycles. The van der Waals surface area contributed by atoms with E-state index >= 15 is 0 Å². The van der Waals surface area contributed by atoms with E-state index in [0.29, 0.717) is 39.4 Å². The molecule has 2 N–H and O–H groups in total. The number of ether oxygens (including phenoxy) is 1. The number of carbonyl (C=O) groups is 1. The molecule has 0 radical (unpaired) electrons. The molecule has 0 spiro atoms. The number of nitrogens with one attached hydrogen (secondary N) is 1. The highest BCUT2D eigenvalue weighted by Gasteiger charge is 2.17. The van der Waals surface area contributed by atoms with Gasteiger partial charge in [0.05, 0.1) is 30.8 Å². The number of para-hydroxylation sites is 2. The van der Waals surface area contributed by atoms with Crippen LogP contribution in [-0.4, -0.2) is 23.1 Å². The Hall–Kier alpha value is -3.97. The molecule has 2 aromatic heterocycles. The van der Waals surface area contributed by atoms with Gasteiger partial charge in [-0.15, -0.1) is 0 Å². The lowest BCUT2D eigenvalue weighted by atomic mass is 10.1. The van der Waals surface area contributed by atoms with Gasteiger partial charge in [0.2, 0.25) is 5.55 Å². The molecule has 168 valence electrons. The van der Waals surface area contributed by atoms with Gasteiger partial charge in [0, 0.05) is 17.1 Å². The van der Waals surface area contributed by atoms with Crippen molar-refractivity contribution in [2.24, 2.45) is 4.99 Å². The fourth-order valence-electron chi connectivity index (χ4n) is 3.52. The fourth-order valence-corrected chi connectivity index (χ4v) is 3.52. The molecule has 2 heterocycles. The first kappa shape index (κ1) is 22.2. The van der Waals surface area contributed by atoms with Gasteiger partial charge in [0.25, 0.3) is 5.91 Å². The van der Waals surface area contributed by atoms with Gasteiger partial charge in [-0.1, -0.05) is 31.2 Å². The lowest BCUT2D eigenvalue weighted by Crippen LogP contribution is -2.22. The molecule has 0 aliphatic rings. The zero-order valence-corrected chi connectivity index (χ0v) is 18.8. The lowest BCUT2D eigenvalue weighted by molar-refractivity contribution is 0.102. The summed E-state index contributed by atoms with van der Waals surface area (Å²) in [6.45, 7) is 3.66. The quantitative estimate of drug-likeness (QED) is 0.451. The molecule has 4 aromatic rings. The molecule has 0 atom stereocenters. The van der Waals surface area contributed by atoms with Crippen molar-refractivity contribution in [3.63, 3.8) is 0 Å². The lowest BCUT2D eigenvalue weighted by Gasteiger charge is -2.12. The number of anilines is 1. The molecule has 0 unspecified atom stereocenters. The van der Waals surface area contributed by atoms with Crippen molar-refractivity contribution in [2.45, 2.75) is 26.9 Å². The first-order chi connectivity index (χ1) is 16.0. The molecule has 4 rings (SSSR count). The zero-order chi connectivity index (χ0) is 23.4. The summed E-state index contributed by atoms with van der Waals surface area (Å²) in [5, 5.41) is 13.3. The third-order valence-electron chi connectivity index (χ3n) is 5.40. The number of amides is 1. The maximum Gasteiger partial charge on any atom is 0.261 e. The van der Waals surface area contributed by atoms with Crippen molar-refractivity contribution in [1.82, 2.24) is 4.98 Å². The van der Waals surface area contributed by atoms with Crippen LogP contribution in [0.2, 0.25) is 0 Å². The van der Waals surface area contributed by atoms with Crippen LogP contribution in [0.5, 0.6) is 5.75 Å². The number of pyridine rings is 1. The number of hydrogen-bond donors (Lipinski definition) is 2. The van der Waals surface area contributed by atoms with Gasteiger partial charge >= 0.3 is 0 Å². The fraction of sp³-hybridized carbons (Fsp3) is 0.192. The molecular weight excluding hydrogens is 418 g/mol. The second-order valence-corrected chi connectivity index (χ2v) is 7.52. The summed E-state index contributed by atoms with van der Waals surface area (Å²) in [4.78, 5) is 22.3. The van der Waals surface area contributed by atoms with Crippen molar-refractivity contribution in [3.8, 4) is 5.75 Å². The summed E-state index contributed by atoms with van der Waals surface area (Å²) in [6.07, 6.45) is 2.50. The first-order valence-corrected chi connectivity index (χ1v) is 10.6. The summed E-state index contributed by atoms with van der Waals surface area (Å²) >= 11 is 0. The number of aliphatic hydroxyl groups excluding tert-OH is 1. The normalized spacial score (nSPS) is 11.6. The Morgan fingerprint density at radius 2 is 1.94 bits per heavy atom. The van der Waals surface area contributed by atoms with Crippen molar-refractivity contribution in [1.29, 1.82) is 0 Å². The number of aromatic nitrogens is 1. The van der Waals surface area contributed by atoms with Gasteiger partial charge in [-0.25, -0.2) is 4.99 Å². The molecule has 7 nitrogen and oxygen atoms in total. The number of nitrogens with zero attached hydrogens (tertiary/aromatic N) is 2. The van der Waals surface area contributed by atoms with Gasteiger partial charge in [-0.3, -0.25) is 9.78 Å². The maximum atomic E-state index is 13.4. The van der Waals surface area contributed by atoms with Crippen LogP contribution in [0.25, 0.3) is 11.0 Å². The Morgan fingerprint density at radius 1 is 1.18 bits per heavy atom. The van der Waals surface area contributed by atoms with Gasteiger partial charge in [0.15, 0.2) is 5.58 Å². The Bertz CT molecular complexity index is 1370. The van der Waals surface area contributed by atoms with E-state index in [9.17, 15) is 9.90 Å². The highest BCUT2D eigenvalue weighted by Crippen LogP contribution is 2.25. The molecule has 33 heavy (non-hydrogen) atoms. The van der Waals surface area contributed by atoms with Gasteiger partial charge in [-0.05, 0) is 49.2 Å². The number of benzene rings is 2. The summed E-state index contributed by atoms with van der Waals surface area (Å²) in [5.41, 5.74) is 4.42. The van der Waals surface area contributed by atoms with E-state index < -0.39 is 5.91 Å². The number of aliphatic hydroxyl groups is 1. The molecule has 0 saturated heterocycles. The Morgan fingerprint density at radius 3 is 2.64 bits per heavy atom. The van der Waals surface area contributed by atoms with Crippen LogP contribution >= 0.6 is 0 Å². The molecular formula is C26H25N3O4. The van der Waals surface area contributed by atoms with Crippen LogP contribution in [0.4, 0.5) is 11.4 Å².